The summed E-state index contributed by atoms with van der Waals surface area (Å²) in [7, 11) is 1.69. The minimum atomic E-state index is -0.488. The van der Waals surface area contributed by atoms with Gasteiger partial charge in [0.1, 0.15) is 23.4 Å². The normalized spacial score (nSPS) is 15.8. The van der Waals surface area contributed by atoms with Gasteiger partial charge in [-0.2, -0.15) is 5.10 Å². The molecular weight excluding hydrogens is 395 g/mol. The van der Waals surface area contributed by atoms with Crippen molar-refractivity contribution in [1.29, 1.82) is 0 Å². The molecule has 0 bridgehead atoms. The van der Waals surface area contributed by atoms with Crippen molar-refractivity contribution in [3.05, 3.63) is 70.6 Å². The molecule has 1 amide bonds. The van der Waals surface area contributed by atoms with Crippen molar-refractivity contribution in [2.45, 2.75) is 19.4 Å². The van der Waals surface area contributed by atoms with E-state index in [2.05, 4.69) is 15.5 Å². The molecule has 0 aliphatic carbocycles. The largest absolute Gasteiger partial charge is 0.453 e. The van der Waals surface area contributed by atoms with Gasteiger partial charge in [-0.3, -0.25) is 4.79 Å². The van der Waals surface area contributed by atoms with Gasteiger partial charge in [-0.15, -0.1) is 5.10 Å². The minimum absolute atomic E-state index is 0.135. The molecule has 0 unspecified atom stereocenters. The van der Waals surface area contributed by atoms with Crippen LogP contribution >= 0.6 is 11.6 Å². The maximum atomic E-state index is 13.7. The van der Waals surface area contributed by atoms with Crippen molar-refractivity contribution in [2.24, 2.45) is 0 Å². The zero-order chi connectivity index (χ0) is 20.5. The Morgan fingerprint density at radius 2 is 2.10 bits per heavy atom. The Hall–Kier alpha value is -3.19. The average Bonchev–Trinajstić information content (AvgIpc) is 2.71. The molecule has 3 aromatic rings. The molecule has 0 spiro atoms. The number of nitrogens with one attached hydrogen (secondary N) is 1. The van der Waals surface area contributed by atoms with Crippen LogP contribution in [0.3, 0.4) is 0 Å². The molecule has 0 radical (unpaired) electrons. The van der Waals surface area contributed by atoms with Gasteiger partial charge in [0.15, 0.2) is 5.75 Å². The molecule has 2 aromatic carbocycles. The lowest BCUT2D eigenvalue weighted by Crippen LogP contribution is -2.46. The molecule has 1 aliphatic heterocycles. The lowest BCUT2D eigenvalue weighted by Gasteiger charge is -2.34. The fourth-order valence-corrected chi connectivity index (χ4v) is 3.52. The highest BCUT2D eigenvalue weighted by atomic mass is 35.5. The molecule has 1 N–H and O–H groups in total. The summed E-state index contributed by atoms with van der Waals surface area (Å²) in [5.41, 5.74) is 2.37. The van der Waals surface area contributed by atoms with Crippen LogP contribution in [0.2, 0.25) is 5.02 Å². The highest BCUT2D eigenvalue weighted by Crippen LogP contribution is 2.42. The van der Waals surface area contributed by atoms with Crippen molar-refractivity contribution in [3.63, 3.8) is 0 Å². The molecule has 2 heterocycles. The number of halogens is 2. The molecule has 148 valence electrons. The fourth-order valence-electron chi connectivity index (χ4n) is 3.36. The van der Waals surface area contributed by atoms with Gasteiger partial charge in [0.05, 0.1) is 10.7 Å². The van der Waals surface area contributed by atoms with E-state index in [-0.39, 0.29) is 16.7 Å². The third-order valence-corrected chi connectivity index (χ3v) is 5.11. The summed E-state index contributed by atoms with van der Waals surface area (Å²) in [5.74, 6) is 0.610. The molecule has 0 fully saturated rings. The van der Waals surface area contributed by atoms with Crippen molar-refractivity contribution < 1.29 is 13.9 Å². The van der Waals surface area contributed by atoms with E-state index in [1.54, 1.807) is 30.3 Å². The summed E-state index contributed by atoms with van der Waals surface area (Å²) in [6.45, 7) is 1.87. The fraction of sp³-hybridized carbons (Fsp3) is 0.190. The number of aromatic nitrogens is 2. The van der Waals surface area contributed by atoms with Crippen molar-refractivity contribution in [2.75, 3.05) is 17.3 Å². The summed E-state index contributed by atoms with van der Waals surface area (Å²) < 4.78 is 19.6. The number of ether oxygens (including phenoxy) is 1. The molecule has 8 heteroatoms. The van der Waals surface area contributed by atoms with Gasteiger partial charge in [-0.25, -0.2) is 4.39 Å². The predicted octanol–water partition coefficient (Wildman–Crippen LogP) is 4.37. The molecule has 6 nitrogen and oxygen atoms in total. The van der Waals surface area contributed by atoms with Gasteiger partial charge in [-0.1, -0.05) is 23.7 Å². The zero-order valence-corrected chi connectivity index (χ0v) is 16.6. The second-order valence-electron chi connectivity index (χ2n) is 6.80. The quantitative estimate of drug-likeness (QED) is 0.689. The monoisotopic (exact) mass is 412 g/mol. The van der Waals surface area contributed by atoms with E-state index in [4.69, 9.17) is 16.3 Å². The van der Waals surface area contributed by atoms with Crippen LogP contribution in [0, 0.1) is 12.7 Å². The molecule has 1 aromatic heterocycles. The van der Waals surface area contributed by atoms with Crippen LogP contribution in [-0.2, 0) is 11.2 Å². The molecule has 1 aliphatic rings. The van der Waals surface area contributed by atoms with E-state index in [0.29, 0.717) is 23.7 Å². The number of amides is 1. The number of nitrogens with zero attached hydrogens (tertiary/aromatic N) is 3. The van der Waals surface area contributed by atoms with Crippen LogP contribution in [0.5, 0.6) is 11.5 Å². The first-order chi connectivity index (χ1) is 13.9. The van der Waals surface area contributed by atoms with Crippen LogP contribution in [-0.4, -0.2) is 29.2 Å². The van der Waals surface area contributed by atoms with Crippen molar-refractivity contribution >= 4 is 29.0 Å². The summed E-state index contributed by atoms with van der Waals surface area (Å²) in [5, 5.41) is 11.2. The Bertz CT molecular complexity index is 1080. The maximum Gasteiger partial charge on any atom is 0.249 e. The topological polar surface area (TPSA) is 67.3 Å². The van der Waals surface area contributed by atoms with Crippen molar-refractivity contribution in [3.8, 4) is 11.5 Å². The van der Waals surface area contributed by atoms with E-state index >= 15 is 0 Å². The predicted molar refractivity (Wildman–Crippen MR) is 109 cm³/mol. The number of rotatable bonds is 4. The van der Waals surface area contributed by atoms with Crippen molar-refractivity contribution in [1.82, 2.24) is 10.2 Å². The first-order valence-corrected chi connectivity index (χ1v) is 9.39. The molecule has 0 saturated carbocycles. The summed E-state index contributed by atoms with van der Waals surface area (Å²) in [6, 6.07) is 10.8. The number of likely N-dealkylation sites (N-methyl/N-ethyl adjacent to an activating group) is 1. The van der Waals surface area contributed by atoms with E-state index < -0.39 is 11.9 Å². The number of hydrogen-bond acceptors (Lipinski definition) is 5. The van der Waals surface area contributed by atoms with Gasteiger partial charge in [-0.05, 0) is 42.3 Å². The smallest absolute Gasteiger partial charge is 0.249 e. The van der Waals surface area contributed by atoms with Gasteiger partial charge >= 0.3 is 0 Å². The first-order valence-electron chi connectivity index (χ1n) is 9.01. The lowest BCUT2D eigenvalue weighted by molar-refractivity contribution is -0.119. The Balaban J connectivity index is 1.70. The van der Waals surface area contributed by atoms with E-state index in [1.165, 1.54) is 18.2 Å². The van der Waals surface area contributed by atoms with Gasteiger partial charge < -0.3 is 15.0 Å². The number of fused-ring (bicyclic) bond motifs is 1. The second-order valence-corrected chi connectivity index (χ2v) is 7.21. The third-order valence-electron chi connectivity index (χ3n) is 4.80. The maximum absolute atomic E-state index is 13.7. The van der Waals surface area contributed by atoms with Crippen LogP contribution in [0.1, 0.15) is 11.1 Å². The van der Waals surface area contributed by atoms with E-state index in [0.717, 1.165) is 11.1 Å². The molecular formula is C21H18ClFN4O2. The summed E-state index contributed by atoms with van der Waals surface area (Å²) in [4.78, 5) is 14.5. The first kappa shape index (κ1) is 19.1. The third kappa shape index (κ3) is 3.73. The van der Waals surface area contributed by atoms with Gasteiger partial charge in [0.25, 0.3) is 0 Å². The standard InChI is InChI=1S/C21H18ClFN4O2/c1-12-5-6-13-10-16(25-18-4-3-9-24-26-18)21(28)27(2)19(13)20(12)29-17-11-14(23)7-8-15(17)22/h3-9,11,16H,10H2,1-2H3,(H,25,26)/t16-/m1/s1. The summed E-state index contributed by atoms with van der Waals surface area (Å²) >= 11 is 6.17. The number of hydrogen-bond donors (Lipinski definition) is 1. The number of aryl methyl sites for hydroxylation is 1. The van der Waals surface area contributed by atoms with E-state index in [1.807, 2.05) is 19.1 Å². The number of carbonyl (C=O) groups is 1. The summed E-state index contributed by atoms with van der Waals surface area (Å²) in [6.07, 6.45) is 2.02. The SMILES string of the molecule is Cc1ccc2c(c1Oc1cc(F)ccc1Cl)N(C)C(=O)[C@H](Nc1cccnn1)C2. The van der Waals surface area contributed by atoms with Crippen LogP contribution in [0.4, 0.5) is 15.9 Å². The molecule has 29 heavy (non-hydrogen) atoms. The van der Waals surface area contributed by atoms with Gasteiger partial charge in [0.2, 0.25) is 5.91 Å². The Labute approximate surface area is 172 Å². The highest BCUT2D eigenvalue weighted by Gasteiger charge is 2.34. The second kappa shape index (κ2) is 7.67. The highest BCUT2D eigenvalue weighted by molar-refractivity contribution is 6.32. The number of benzene rings is 2. The van der Waals surface area contributed by atoms with Crippen LogP contribution < -0.4 is 15.0 Å². The lowest BCUT2D eigenvalue weighted by atomic mass is 9.95. The molecule has 4 rings (SSSR count). The Morgan fingerprint density at radius 3 is 2.86 bits per heavy atom. The Kier molecular flexibility index (Phi) is 5.07. The number of anilines is 2. The molecule has 0 saturated heterocycles. The zero-order valence-electron chi connectivity index (χ0n) is 15.8. The van der Waals surface area contributed by atoms with Gasteiger partial charge in [0, 0.05) is 25.7 Å². The number of carbonyl (C=O) groups excluding carboxylic acids is 1. The van der Waals surface area contributed by atoms with Crippen LogP contribution in [0.25, 0.3) is 0 Å². The van der Waals surface area contributed by atoms with E-state index in [9.17, 15) is 9.18 Å². The molecule has 1 atom stereocenters. The Morgan fingerprint density at radius 1 is 1.28 bits per heavy atom. The average molecular weight is 413 g/mol. The van der Waals surface area contributed by atoms with Crippen LogP contribution in [0.15, 0.2) is 48.7 Å². The minimum Gasteiger partial charge on any atom is -0.453 e.